The van der Waals surface area contributed by atoms with Gasteiger partial charge >= 0.3 is 0 Å². The lowest BCUT2D eigenvalue weighted by Crippen LogP contribution is -2.21. The fourth-order valence-electron chi connectivity index (χ4n) is 2.69. The zero-order chi connectivity index (χ0) is 12.5. The van der Waals surface area contributed by atoms with Crippen LogP contribution in [0, 0.1) is 5.92 Å². The lowest BCUT2D eigenvalue weighted by Gasteiger charge is -2.17. The summed E-state index contributed by atoms with van der Waals surface area (Å²) in [5, 5.41) is 0.267. The van der Waals surface area contributed by atoms with Crippen LogP contribution < -0.4 is 4.90 Å². The van der Waals surface area contributed by atoms with Gasteiger partial charge < -0.3 is 9.88 Å². The predicted molar refractivity (Wildman–Crippen MR) is 71.9 cm³/mol. The van der Waals surface area contributed by atoms with E-state index in [-0.39, 0.29) is 5.28 Å². The first kappa shape index (κ1) is 11.7. The molecule has 0 spiro atoms. The smallest absolute Gasteiger partial charge is 0.226 e. The highest BCUT2D eigenvalue weighted by Crippen LogP contribution is 2.29. The van der Waals surface area contributed by atoms with E-state index in [0.29, 0.717) is 5.65 Å². The van der Waals surface area contributed by atoms with Crippen LogP contribution in [0.15, 0.2) is 6.33 Å². The molecule has 0 amide bonds. The highest BCUT2D eigenvalue weighted by atomic mass is 35.5. The van der Waals surface area contributed by atoms with Crippen molar-refractivity contribution in [2.45, 2.75) is 26.2 Å². The number of nitrogens with one attached hydrogen (secondary N) is 1. The number of H-pyrrole nitrogens is 1. The summed E-state index contributed by atoms with van der Waals surface area (Å²) in [6.45, 7) is 4.32. The van der Waals surface area contributed by atoms with Crippen LogP contribution in [0.4, 0.5) is 5.82 Å². The third-order valence-corrected chi connectivity index (χ3v) is 3.69. The summed E-state index contributed by atoms with van der Waals surface area (Å²) < 4.78 is 0. The average molecular weight is 266 g/mol. The van der Waals surface area contributed by atoms with E-state index in [1.54, 1.807) is 6.33 Å². The monoisotopic (exact) mass is 265 g/mol. The molecule has 0 bridgehead atoms. The lowest BCUT2D eigenvalue weighted by molar-refractivity contribution is 0.529. The van der Waals surface area contributed by atoms with Gasteiger partial charge in [0.25, 0.3) is 0 Å². The maximum Gasteiger partial charge on any atom is 0.226 e. The van der Waals surface area contributed by atoms with Crippen LogP contribution in [0.2, 0.25) is 5.28 Å². The summed E-state index contributed by atoms with van der Waals surface area (Å²) in [6.07, 6.45) is 5.38. The maximum absolute atomic E-state index is 5.95. The van der Waals surface area contributed by atoms with Crippen molar-refractivity contribution >= 4 is 28.6 Å². The van der Waals surface area contributed by atoms with Crippen molar-refractivity contribution in [1.29, 1.82) is 0 Å². The summed E-state index contributed by atoms with van der Waals surface area (Å²) in [5.41, 5.74) is 1.53. The number of anilines is 1. The van der Waals surface area contributed by atoms with E-state index in [9.17, 15) is 0 Å². The van der Waals surface area contributed by atoms with E-state index >= 15 is 0 Å². The van der Waals surface area contributed by atoms with Crippen LogP contribution in [-0.2, 0) is 0 Å². The summed E-state index contributed by atoms with van der Waals surface area (Å²) in [7, 11) is 0. The first-order valence-electron chi connectivity index (χ1n) is 6.39. The van der Waals surface area contributed by atoms with Gasteiger partial charge in [0, 0.05) is 13.1 Å². The molecule has 2 aromatic rings. The first-order chi connectivity index (χ1) is 8.78. The van der Waals surface area contributed by atoms with Crippen LogP contribution in [0.1, 0.15) is 26.2 Å². The molecule has 1 fully saturated rings. The normalized spacial score (nSPS) is 19.9. The van der Waals surface area contributed by atoms with E-state index in [1.165, 1.54) is 19.3 Å². The van der Waals surface area contributed by atoms with Gasteiger partial charge in [-0.05, 0) is 30.4 Å². The van der Waals surface area contributed by atoms with Crippen molar-refractivity contribution < 1.29 is 0 Å². The topological polar surface area (TPSA) is 57.7 Å². The van der Waals surface area contributed by atoms with Gasteiger partial charge in [-0.3, -0.25) is 0 Å². The summed E-state index contributed by atoms with van der Waals surface area (Å²) in [6, 6.07) is 0. The van der Waals surface area contributed by atoms with Crippen molar-refractivity contribution in [1.82, 2.24) is 19.9 Å². The Hall–Kier alpha value is -1.36. The van der Waals surface area contributed by atoms with Gasteiger partial charge in [0.1, 0.15) is 5.52 Å². The number of hydrogen-bond donors (Lipinski definition) is 1. The number of nitrogens with zero attached hydrogens (tertiary/aromatic N) is 4. The zero-order valence-electron chi connectivity index (χ0n) is 10.4. The molecule has 18 heavy (non-hydrogen) atoms. The van der Waals surface area contributed by atoms with Gasteiger partial charge in [-0.2, -0.15) is 9.97 Å². The van der Waals surface area contributed by atoms with Gasteiger partial charge in [-0.1, -0.05) is 13.3 Å². The Kier molecular flexibility index (Phi) is 3.07. The lowest BCUT2D eigenvalue weighted by atomic mass is 10.0. The van der Waals surface area contributed by atoms with Crippen LogP contribution in [0.25, 0.3) is 11.2 Å². The molecule has 1 aliphatic heterocycles. The molecule has 0 saturated carbocycles. The number of halogens is 1. The van der Waals surface area contributed by atoms with Crippen molar-refractivity contribution in [3.8, 4) is 0 Å². The van der Waals surface area contributed by atoms with E-state index < -0.39 is 0 Å². The molecule has 96 valence electrons. The number of rotatable bonds is 3. The minimum Gasteiger partial charge on any atom is -0.354 e. The molecular formula is C12H16ClN5. The van der Waals surface area contributed by atoms with Crippen molar-refractivity contribution in [2.24, 2.45) is 5.92 Å². The Balaban J connectivity index is 1.92. The van der Waals surface area contributed by atoms with Crippen molar-refractivity contribution in [3.05, 3.63) is 11.6 Å². The molecule has 1 saturated heterocycles. The van der Waals surface area contributed by atoms with Crippen LogP contribution in [0.5, 0.6) is 0 Å². The fraction of sp³-hybridized carbons (Fsp3) is 0.583. The molecular weight excluding hydrogens is 250 g/mol. The molecule has 0 aliphatic carbocycles. The van der Waals surface area contributed by atoms with Crippen LogP contribution in [-0.4, -0.2) is 33.0 Å². The number of imidazole rings is 1. The van der Waals surface area contributed by atoms with E-state index in [0.717, 1.165) is 30.3 Å². The second-order valence-electron chi connectivity index (χ2n) is 4.81. The Morgan fingerprint density at radius 3 is 3.22 bits per heavy atom. The standard InChI is InChI=1S/C12H16ClN5/c1-2-3-8-4-5-18(6-8)11-9-10(15-7-14-9)16-12(13)17-11/h7-8H,2-6H2,1H3,(H,14,15,16,17). The molecule has 1 aliphatic rings. The largest absolute Gasteiger partial charge is 0.354 e. The molecule has 1 N–H and O–H groups in total. The second kappa shape index (κ2) is 4.72. The molecule has 6 heteroatoms. The molecule has 2 aromatic heterocycles. The van der Waals surface area contributed by atoms with Crippen molar-refractivity contribution in [3.63, 3.8) is 0 Å². The van der Waals surface area contributed by atoms with Gasteiger partial charge in [0.05, 0.1) is 6.33 Å². The minimum absolute atomic E-state index is 0.267. The summed E-state index contributed by atoms with van der Waals surface area (Å²) in [5.74, 6) is 1.66. The quantitative estimate of drug-likeness (QED) is 0.867. The van der Waals surface area contributed by atoms with Gasteiger partial charge in [0.2, 0.25) is 5.28 Å². The third-order valence-electron chi connectivity index (χ3n) is 3.52. The molecule has 3 rings (SSSR count). The van der Waals surface area contributed by atoms with E-state index in [4.69, 9.17) is 11.6 Å². The summed E-state index contributed by atoms with van der Waals surface area (Å²) in [4.78, 5) is 18.0. The van der Waals surface area contributed by atoms with Crippen LogP contribution >= 0.6 is 11.6 Å². The Morgan fingerprint density at radius 1 is 1.50 bits per heavy atom. The highest BCUT2D eigenvalue weighted by Gasteiger charge is 2.25. The molecule has 0 aromatic carbocycles. The molecule has 1 unspecified atom stereocenters. The van der Waals surface area contributed by atoms with Gasteiger partial charge in [0.15, 0.2) is 11.5 Å². The second-order valence-corrected chi connectivity index (χ2v) is 5.14. The molecule has 0 radical (unpaired) electrons. The van der Waals surface area contributed by atoms with E-state index in [2.05, 4.69) is 31.8 Å². The Labute approximate surface area is 111 Å². The maximum atomic E-state index is 5.95. The number of aromatic amines is 1. The highest BCUT2D eigenvalue weighted by molar-refractivity contribution is 6.28. The Bertz CT molecular complexity index is 552. The molecule has 3 heterocycles. The van der Waals surface area contributed by atoms with Crippen LogP contribution in [0.3, 0.4) is 0 Å². The fourth-order valence-corrected chi connectivity index (χ4v) is 2.85. The summed E-state index contributed by atoms with van der Waals surface area (Å²) >= 11 is 5.95. The number of aromatic nitrogens is 4. The van der Waals surface area contributed by atoms with Gasteiger partial charge in [-0.15, -0.1) is 0 Å². The minimum atomic E-state index is 0.267. The third kappa shape index (κ3) is 2.03. The zero-order valence-corrected chi connectivity index (χ0v) is 11.1. The Morgan fingerprint density at radius 2 is 2.39 bits per heavy atom. The first-order valence-corrected chi connectivity index (χ1v) is 6.77. The number of hydrogen-bond acceptors (Lipinski definition) is 4. The van der Waals surface area contributed by atoms with Crippen molar-refractivity contribution in [2.75, 3.05) is 18.0 Å². The predicted octanol–water partition coefficient (Wildman–Crippen LogP) is 2.63. The molecule has 1 atom stereocenters. The SMILES string of the molecule is CCCC1CCN(c2nc(Cl)nc3nc[nH]c23)C1. The van der Waals surface area contributed by atoms with E-state index in [1.807, 2.05) is 0 Å². The van der Waals surface area contributed by atoms with Gasteiger partial charge in [-0.25, -0.2) is 4.98 Å². The molecule has 5 nitrogen and oxygen atoms in total. The average Bonchev–Trinajstić information content (AvgIpc) is 2.96. The number of fused-ring (bicyclic) bond motifs is 1.